The van der Waals surface area contributed by atoms with Crippen LogP contribution < -0.4 is 5.56 Å². The molecule has 1 N–H and O–H groups in total. The number of H-pyrrole nitrogens is 1. The summed E-state index contributed by atoms with van der Waals surface area (Å²) in [5.74, 6) is 0.248. The monoisotopic (exact) mass is 495 g/mol. The van der Waals surface area contributed by atoms with Crippen molar-refractivity contribution in [2.75, 3.05) is 6.54 Å². The van der Waals surface area contributed by atoms with Gasteiger partial charge in [0.15, 0.2) is 11.6 Å². The summed E-state index contributed by atoms with van der Waals surface area (Å²) in [5.41, 5.74) is 1.76. The van der Waals surface area contributed by atoms with Crippen LogP contribution in [-0.2, 0) is 13.0 Å². The van der Waals surface area contributed by atoms with Crippen LogP contribution in [0.4, 0.5) is 4.39 Å². The molecule has 37 heavy (non-hydrogen) atoms. The first kappa shape index (κ1) is 22.7. The van der Waals surface area contributed by atoms with Crippen LogP contribution in [0.15, 0.2) is 71.7 Å². The minimum absolute atomic E-state index is 0.0173. The summed E-state index contributed by atoms with van der Waals surface area (Å²) in [6, 6.07) is 17.1. The lowest BCUT2D eigenvalue weighted by Crippen LogP contribution is -2.41. The molecule has 0 spiro atoms. The van der Waals surface area contributed by atoms with Gasteiger partial charge < -0.3 is 9.47 Å². The van der Waals surface area contributed by atoms with Crippen LogP contribution in [0.3, 0.4) is 0 Å². The maximum atomic E-state index is 14.9. The maximum absolute atomic E-state index is 14.9. The van der Waals surface area contributed by atoms with Gasteiger partial charge in [0.25, 0.3) is 11.5 Å². The molecule has 1 atom stereocenters. The van der Waals surface area contributed by atoms with Gasteiger partial charge in [-0.1, -0.05) is 30.3 Å². The van der Waals surface area contributed by atoms with E-state index in [9.17, 15) is 14.0 Å². The predicted molar refractivity (Wildman–Crippen MR) is 134 cm³/mol. The van der Waals surface area contributed by atoms with Gasteiger partial charge in [-0.05, 0) is 42.8 Å². The number of hydrogen-bond acceptors (Lipinski definition) is 6. The van der Waals surface area contributed by atoms with Crippen molar-refractivity contribution >= 4 is 16.7 Å². The normalized spacial score (nSPS) is 15.1. The highest BCUT2D eigenvalue weighted by atomic mass is 19.1. The van der Waals surface area contributed by atoms with Gasteiger partial charge in [0.2, 0.25) is 0 Å². The number of fused-ring (bicyclic) bond motifs is 2. The van der Waals surface area contributed by atoms with Crippen LogP contribution in [-0.4, -0.2) is 47.3 Å². The molecular formula is C27H22FN7O2. The van der Waals surface area contributed by atoms with Crippen LogP contribution >= 0.6 is 0 Å². The highest BCUT2D eigenvalue weighted by Gasteiger charge is 2.31. The summed E-state index contributed by atoms with van der Waals surface area (Å²) in [6.45, 7) is 2.55. The molecule has 0 saturated heterocycles. The van der Waals surface area contributed by atoms with E-state index in [0.717, 1.165) is 5.39 Å². The Balaban J connectivity index is 1.28. The first-order valence-corrected chi connectivity index (χ1v) is 11.9. The van der Waals surface area contributed by atoms with Gasteiger partial charge in [-0.3, -0.25) is 14.6 Å². The van der Waals surface area contributed by atoms with Crippen LogP contribution in [0.25, 0.3) is 22.3 Å². The summed E-state index contributed by atoms with van der Waals surface area (Å²) in [4.78, 5) is 31.5. The van der Waals surface area contributed by atoms with Crippen molar-refractivity contribution < 1.29 is 9.18 Å². The van der Waals surface area contributed by atoms with Crippen LogP contribution in [0.2, 0.25) is 0 Å². The van der Waals surface area contributed by atoms with Crippen LogP contribution in [0.5, 0.6) is 0 Å². The SMILES string of the molecule is CC1CN(C(=O)c2cc(Cc3n[nH]c(=O)c4ccccc34)ccc2F)Cc2nnc(-c3ccccn3)n21. The predicted octanol–water partition coefficient (Wildman–Crippen LogP) is 3.52. The number of nitrogens with zero attached hydrogens (tertiary/aromatic N) is 6. The van der Waals surface area contributed by atoms with E-state index in [0.29, 0.717) is 47.0 Å². The first-order valence-electron chi connectivity index (χ1n) is 11.9. The van der Waals surface area contributed by atoms with Gasteiger partial charge in [-0.2, -0.15) is 5.10 Å². The van der Waals surface area contributed by atoms with Crippen LogP contribution in [0, 0.1) is 5.82 Å². The molecule has 2 aromatic carbocycles. The Labute approximate surface area is 210 Å². The van der Waals surface area contributed by atoms with Gasteiger partial charge in [0, 0.05) is 24.5 Å². The molecule has 0 aliphatic carbocycles. The van der Waals surface area contributed by atoms with Crippen LogP contribution in [0.1, 0.15) is 40.4 Å². The van der Waals surface area contributed by atoms with Crippen molar-refractivity contribution in [3.05, 3.63) is 106 Å². The molecule has 3 aromatic heterocycles. The minimum Gasteiger partial charge on any atom is -0.329 e. The number of aromatic amines is 1. The Morgan fingerprint density at radius 3 is 2.70 bits per heavy atom. The summed E-state index contributed by atoms with van der Waals surface area (Å²) >= 11 is 0. The van der Waals surface area contributed by atoms with Gasteiger partial charge in [-0.25, -0.2) is 9.49 Å². The average molecular weight is 496 g/mol. The molecule has 6 rings (SSSR count). The van der Waals surface area contributed by atoms with E-state index in [-0.39, 0.29) is 23.7 Å². The van der Waals surface area contributed by atoms with Gasteiger partial charge in [0.05, 0.1) is 29.2 Å². The number of carbonyl (C=O) groups is 1. The third-order valence-corrected chi connectivity index (χ3v) is 6.61. The Bertz CT molecular complexity index is 1700. The molecule has 1 unspecified atom stereocenters. The van der Waals surface area contributed by atoms with Gasteiger partial charge in [0.1, 0.15) is 11.5 Å². The quantitative estimate of drug-likeness (QED) is 0.409. The molecule has 1 amide bonds. The topological polar surface area (TPSA) is 110 Å². The van der Waals surface area contributed by atoms with E-state index in [4.69, 9.17) is 0 Å². The maximum Gasteiger partial charge on any atom is 0.272 e. The van der Waals surface area contributed by atoms with Crippen molar-refractivity contribution in [1.29, 1.82) is 0 Å². The zero-order valence-corrected chi connectivity index (χ0v) is 19.9. The van der Waals surface area contributed by atoms with Gasteiger partial charge in [-0.15, -0.1) is 10.2 Å². The summed E-state index contributed by atoms with van der Waals surface area (Å²) in [7, 11) is 0. The molecule has 0 radical (unpaired) electrons. The molecule has 0 fully saturated rings. The minimum atomic E-state index is -0.595. The van der Waals surface area contributed by atoms with Crippen molar-refractivity contribution in [2.45, 2.75) is 25.9 Å². The van der Waals surface area contributed by atoms with E-state index in [1.807, 2.05) is 41.8 Å². The number of halogens is 1. The molecule has 10 heteroatoms. The molecule has 1 aliphatic rings. The van der Waals surface area contributed by atoms with Gasteiger partial charge >= 0.3 is 0 Å². The number of pyridine rings is 1. The highest BCUT2D eigenvalue weighted by Crippen LogP contribution is 2.28. The lowest BCUT2D eigenvalue weighted by atomic mass is 10.0. The number of amides is 1. The second-order valence-corrected chi connectivity index (χ2v) is 9.10. The van der Waals surface area contributed by atoms with E-state index < -0.39 is 11.7 Å². The summed E-state index contributed by atoms with van der Waals surface area (Å²) in [6.07, 6.45) is 2.03. The molecule has 9 nitrogen and oxygen atoms in total. The zero-order chi connectivity index (χ0) is 25.5. The molecule has 0 saturated carbocycles. The number of hydrogen-bond donors (Lipinski definition) is 1. The number of nitrogens with one attached hydrogen (secondary N) is 1. The number of benzene rings is 2. The third kappa shape index (κ3) is 4.06. The standard InChI is InChI=1S/C27H22FN7O2/c1-16-14-34(15-24-31-32-25(35(16)24)22-8-4-5-11-29-22)27(37)20-12-17(9-10-21(20)28)13-23-18-6-2-3-7-19(18)26(36)33-30-23/h2-12,16H,13-15H2,1H3,(H,33,36). The Hall–Kier alpha value is -4.73. The average Bonchev–Trinajstić information content (AvgIpc) is 3.36. The Kier molecular flexibility index (Phi) is 5.56. The van der Waals surface area contributed by atoms with E-state index in [1.54, 1.807) is 35.4 Å². The lowest BCUT2D eigenvalue weighted by molar-refractivity contribution is 0.0677. The number of carbonyl (C=O) groups excluding carboxylic acids is 1. The van der Waals surface area contributed by atoms with E-state index in [2.05, 4.69) is 25.4 Å². The zero-order valence-electron chi connectivity index (χ0n) is 19.9. The van der Waals surface area contributed by atoms with E-state index >= 15 is 0 Å². The van der Waals surface area contributed by atoms with Crippen molar-refractivity contribution in [3.63, 3.8) is 0 Å². The fourth-order valence-electron chi connectivity index (χ4n) is 4.87. The fourth-order valence-corrected chi connectivity index (χ4v) is 4.87. The second-order valence-electron chi connectivity index (χ2n) is 9.10. The molecule has 184 valence electrons. The van der Waals surface area contributed by atoms with E-state index in [1.165, 1.54) is 6.07 Å². The number of aromatic nitrogens is 6. The van der Waals surface area contributed by atoms with Crippen molar-refractivity contribution in [2.24, 2.45) is 0 Å². The molecule has 1 aliphatic heterocycles. The first-order chi connectivity index (χ1) is 18.0. The molecule has 4 heterocycles. The third-order valence-electron chi connectivity index (χ3n) is 6.61. The summed E-state index contributed by atoms with van der Waals surface area (Å²) < 4.78 is 16.9. The Morgan fingerprint density at radius 2 is 1.89 bits per heavy atom. The largest absolute Gasteiger partial charge is 0.329 e. The second kappa shape index (κ2) is 9.05. The Morgan fingerprint density at radius 1 is 1.08 bits per heavy atom. The smallest absolute Gasteiger partial charge is 0.272 e. The molecule has 0 bridgehead atoms. The number of rotatable bonds is 4. The molecular weight excluding hydrogens is 473 g/mol. The van der Waals surface area contributed by atoms with Crippen molar-refractivity contribution in [3.8, 4) is 11.5 Å². The molecule has 5 aromatic rings. The lowest BCUT2D eigenvalue weighted by Gasteiger charge is -2.32. The summed E-state index contributed by atoms with van der Waals surface area (Å²) in [5, 5.41) is 16.6. The fraction of sp³-hybridized carbons (Fsp3) is 0.185. The van der Waals surface area contributed by atoms with Crippen molar-refractivity contribution in [1.82, 2.24) is 34.8 Å². The highest BCUT2D eigenvalue weighted by molar-refractivity contribution is 5.95.